The van der Waals surface area contributed by atoms with Crippen LogP contribution in [0.4, 0.5) is 0 Å². The van der Waals surface area contributed by atoms with E-state index in [0.717, 1.165) is 0 Å². The van der Waals surface area contributed by atoms with Gasteiger partial charge in [-0.05, 0) is 19.9 Å². The number of carboxylic acid groups (broad SMARTS) is 2. The Kier molecular flexibility index (Phi) is 6.87. The van der Waals surface area contributed by atoms with Crippen LogP contribution in [0.5, 0.6) is 0 Å². The molecule has 2 N–H and O–H groups in total. The molecule has 0 radical (unpaired) electrons. The fourth-order valence-corrected chi connectivity index (χ4v) is 1.08. The fourth-order valence-electron chi connectivity index (χ4n) is 1.08. The molecule has 5 nitrogen and oxygen atoms in total. The molecule has 16 heavy (non-hydrogen) atoms. The molecule has 0 aromatic heterocycles. The summed E-state index contributed by atoms with van der Waals surface area (Å²) in [6.45, 7) is 6.34. The molecule has 0 aromatic carbocycles. The van der Waals surface area contributed by atoms with Crippen molar-refractivity contribution in [1.29, 1.82) is 0 Å². The lowest BCUT2D eigenvalue weighted by atomic mass is 10.1. The lowest BCUT2D eigenvalue weighted by Crippen LogP contribution is -2.25. The largest absolute Gasteiger partial charge is 0.478 e. The number of rotatable bonds is 2. The highest BCUT2D eigenvalue weighted by Crippen LogP contribution is 2.10. The lowest BCUT2D eigenvalue weighted by Gasteiger charge is -2.22. The van der Waals surface area contributed by atoms with Crippen LogP contribution in [0.15, 0.2) is 24.3 Å². The zero-order chi connectivity index (χ0) is 12.6. The van der Waals surface area contributed by atoms with Crippen LogP contribution in [0.3, 0.4) is 0 Å². The van der Waals surface area contributed by atoms with Crippen LogP contribution in [-0.4, -0.2) is 47.2 Å². The van der Waals surface area contributed by atoms with Gasteiger partial charge in [-0.15, -0.1) is 0 Å². The average molecular weight is 227 g/mol. The zero-order valence-corrected chi connectivity index (χ0v) is 9.35. The average Bonchev–Trinajstić information content (AvgIpc) is 2.20. The molecule has 1 saturated heterocycles. The van der Waals surface area contributed by atoms with Gasteiger partial charge in [-0.25, -0.2) is 9.59 Å². The minimum atomic E-state index is -1.26. The molecule has 0 spiro atoms. The van der Waals surface area contributed by atoms with Crippen LogP contribution in [0.2, 0.25) is 0 Å². The van der Waals surface area contributed by atoms with Gasteiger partial charge in [-0.2, -0.15) is 0 Å². The molecular weight excluding hydrogens is 210 g/mol. The third-order valence-corrected chi connectivity index (χ3v) is 2.06. The first-order valence-electron chi connectivity index (χ1n) is 4.91. The van der Waals surface area contributed by atoms with Crippen molar-refractivity contribution < 1.29 is 19.8 Å². The van der Waals surface area contributed by atoms with Crippen LogP contribution >= 0.6 is 0 Å². The highest BCUT2D eigenvalue weighted by molar-refractivity contribution is 5.89. The van der Waals surface area contributed by atoms with E-state index in [9.17, 15) is 9.59 Å². The summed E-state index contributed by atoms with van der Waals surface area (Å²) in [6.07, 6.45) is 3.53. The fraction of sp³-hybridized carbons (Fsp3) is 0.455. The molecule has 5 heteroatoms. The Labute approximate surface area is 94.7 Å². The third kappa shape index (κ3) is 8.96. The van der Waals surface area contributed by atoms with Gasteiger partial charge >= 0.3 is 11.9 Å². The highest BCUT2D eigenvalue weighted by atomic mass is 16.4. The second-order valence-corrected chi connectivity index (χ2v) is 3.56. The van der Waals surface area contributed by atoms with E-state index in [1.165, 1.54) is 31.5 Å². The molecule has 90 valence electrons. The second kappa shape index (κ2) is 7.64. The molecule has 0 aromatic rings. The molecule has 0 aliphatic carbocycles. The summed E-state index contributed by atoms with van der Waals surface area (Å²) < 4.78 is 0. The Balaban J connectivity index is 0.000000281. The van der Waals surface area contributed by atoms with Crippen LogP contribution in [-0.2, 0) is 9.59 Å². The van der Waals surface area contributed by atoms with E-state index >= 15 is 0 Å². The van der Waals surface area contributed by atoms with Gasteiger partial charge in [0.2, 0.25) is 0 Å². The summed E-state index contributed by atoms with van der Waals surface area (Å²) in [5.41, 5.74) is 1.42. The first-order valence-corrected chi connectivity index (χ1v) is 4.91. The number of piperidine rings is 1. The van der Waals surface area contributed by atoms with Crippen LogP contribution in [0.25, 0.3) is 0 Å². The SMILES string of the molecule is C=C1CCN(C)CC1.O=C(O)C=CC(=O)O. The Morgan fingerprint density at radius 2 is 1.56 bits per heavy atom. The number of hydrogen-bond acceptors (Lipinski definition) is 3. The van der Waals surface area contributed by atoms with Gasteiger partial charge in [0, 0.05) is 25.2 Å². The van der Waals surface area contributed by atoms with Gasteiger partial charge in [0.25, 0.3) is 0 Å². The normalized spacial score (nSPS) is 16.7. The van der Waals surface area contributed by atoms with E-state index in [4.69, 9.17) is 10.2 Å². The standard InChI is InChI=1S/C7H13N.C4H4O4/c1-7-3-5-8(2)6-4-7;5-3(6)1-2-4(7)8/h1,3-6H2,2H3;1-2H,(H,5,6)(H,7,8). The monoisotopic (exact) mass is 227 g/mol. The van der Waals surface area contributed by atoms with Crippen LogP contribution in [0, 0.1) is 0 Å². The molecule has 1 aliphatic rings. The lowest BCUT2D eigenvalue weighted by molar-refractivity contribution is -0.134. The minimum absolute atomic E-state index is 0.558. The Morgan fingerprint density at radius 1 is 1.19 bits per heavy atom. The van der Waals surface area contributed by atoms with Gasteiger partial charge in [-0.1, -0.05) is 12.2 Å². The van der Waals surface area contributed by atoms with Crippen molar-refractivity contribution in [2.45, 2.75) is 12.8 Å². The van der Waals surface area contributed by atoms with Crippen molar-refractivity contribution in [3.8, 4) is 0 Å². The summed E-state index contributed by atoms with van der Waals surface area (Å²) in [5, 5.41) is 15.6. The summed E-state index contributed by atoms with van der Waals surface area (Å²) in [6, 6.07) is 0. The van der Waals surface area contributed by atoms with Gasteiger partial charge < -0.3 is 15.1 Å². The third-order valence-electron chi connectivity index (χ3n) is 2.06. The van der Waals surface area contributed by atoms with Gasteiger partial charge in [0.15, 0.2) is 0 Å². The minimum Gasteiger partial charge on any atom is -0.478 e. The van der Waals surface area contributed by atoms with E-state index < -0.39 is 11.9 Å². The Hall–Kier alpha value is -1.62. The summed E-state index contributed by atoms with van der Waals surface area (Å²) in [7, 11) is 2.16. The van der Waals surface area contributed by atoms with E-state index in [0.29, 0.717) is 12.2 Å². The van der Waals surface area contributed by atoms with E-state index in [-0.39, 0.29) is 0 Å². The first-order chi connectivity index (χ1) is 7.41. The number of carbonyl (C=O) groups is 2. The van der Waals surface area contributed by atoms with Crippen molar-refractivity contribution in [3.05, 3.63) is 24.3 Å². The van der Waals surface area contributed by atoms with Crippen molar-refractivity contribution in [2.75, 3.05) is 20.1 Å². The number of carboxylic acids is 2. The van der Waals surface area contributed by atoms with Crippen molar-refractivity contribution in [1.82, 2.24) is 4.90 Å². The van der Waals surface area contributed by atoms with Crippen molar-refractivity contribution in [2.24, 2.45) is 0 Å². The van der Waals surface area contributed by atoms with E-state index in [1.54, 1.807) is 0 Å². The maximum atomic E-state index is 9.55. The molecule has 1 rings (SSSR count). The molecule has 0 bridgehead atoms. The van der Waals surface area contributed by atoms with Crippen LogP contribution < -0.4 is 0 Å². The molecule has 1 heterocycles. The highest BCUT2D eigenvalue weighted by Gasteiger charge is 2.06. The van der Waals surface area contributed by atoms with Crippen molar-refractivity contribution in [3.63, 3.8) is 0 Å². The first kappa shape index (κ1) is 14.4. The molecule has 0 unspecified atom stereocenters. The van der Waals surface area contributed by atoms with Crippen molar-refractivity contribution >= 4 is 11.9 Å². The second-order valence-electron chi connectivity index (χ2n) is 3.56. The molecule has 0 saturated carbocycles. The number of likely N-dealkylation sites (tertiary alicyclic amines) is 1. The molecule has 1 fully saturated rings. The number of hydrogen-bond donors (Lipinski definition) is 2. The van der Waals surface area contributed by atoms with E-state index in [1.807, 2.05) is 0 Å². The summed E-state index contributed by atoms with van der Waals surface area (Å²) in [5.74, 6) is -2.51. The topological polar surface area (TPSA) is 77.8 Å². The van der Waals surface area contributed by atoms with E-state index in [2.05, 4.69) is 18.5 Å². The van der Waals surface area contributed by atoms with Gasteiger partial charge in [0.05, 0.1) is 0 Å². The maximum Gasteiger partial charge on any atom is 0.328 e. The Bertz CT molecular complexity index is 270. The smallest absolute Gasteiger partial charge is 0.328 e. The number of aliphatic carboxylic acids is 2. The maximum absolute atomic E-state index is 9.55. The predicted molar refractivity (Wildman–Crippen MR) is 60.3 cm³/mol. The molecular formula is C11H17NO4. The predicted octanol–water partition coefficient (Wildman–Crippen LogP) is 0.980. The zero-order valence-electron chi connectivity index (χ0n) is 9.35. The van der Waals surface area contributed by atoms with Crippen LogP contribution in [0.1, 0.15) is 12.8 Å². The number of nitrogens with zero attached hydrogens (tertiary/aromatic N) is 1. The quantitative estimate of drug-likeness (QED) is 0.543. The van der Waals surface area contributed by atoms with Gasteiger partial charge in [0.1, 0.15) is 0 Å². The molecule has 0 amide bonds. The molecule has 0 atom stereocenters. The summed E-state index contributed by atoms with van der Waals surface area (Å²) in [4.78, 5) is 21.4. The Morgan fingerprint density at radius 3 is 1.81 bits per heavy atom. The van der Waals surface area contributed by atoms with Gasteiger partial charge in [-0.3, -0.25) is 0 Å². The molecule has 1 aliphatic heterocycles. The summed E-state index contributed by atoms with van der Waals surface area (Å²) >= 11 is 0.